The van der Waals surface area contributed by atoms with Crippen LogP contribution in [0.25, 0.3) is 0 Å². The average Bonchev–Trinajstić information content (AvgIpc) is 3.35. The maximum absolute atomic E-state index is 13.9. The summed E-state index contributed by atoms with van der Waals surface area (Å²) >= 11 is 0. The Bertz CT molecular complexity index is 768. The number of methoxy groups -OCH3 is 2. The van der Waals surface area contributed by atoms with Gasteiger partial charge in [0.05, 0.1) is 19.4 Å². The first-order valence-corrected chi connectivity index (χ1v) is 9.86. The Morgan fingerprint density at radius 3 is 2.79 bits per heavy atom. The molecule has 1 aromatic heterocycles. The summed E-state index contributed by atoms with van der Waals surface area (Å²) in [6.07, 6.45) is 1.67. The zero-order chi connectivity index (χ0) is 20.6. The van der Waals surface area contributed by atoms with Crippen LogP contribution in [-0.4, -0.2) is 69.3 Å². The molecule has 0 aliphatic carbocycles. The first kappa shape index (κ1) is 21.5. The summed E-state index contributed by atoms with van der Waals surface area (Å²) in [5, 5.41) is 0. The van der Waals surface area contributed by atoms with Gasteiger partial charge in [-0.25, -0.2) is 4.39 Å². The van der Waals surface area contributed by atoms with Gasteiger partial charge in [-0.15, -0.1) is 0 Å². The molecule has 158 valence electrons. The van der Waals surface area contributed by atoms with E-state index in [-0.39, 0.29) is 30.2 Å². The van der Waals surface area contributed by atoms with Gasteiger partial charge in [0.1, 0.15) is 18.2 Å². The van der Waals surface area contributed by atoms with Crippen LogP contribution in [0.15, 0.2) is 47.1 Å². The lowest BCUT2D eigenvalue weighted by atomic mass is 9.88. The van der Waals surface area contributed by atoms with Crippen molar-refractivity contribution in [1.82, 2.24) is 9.80 Å². The van der Waals surface area contributed by atoms with E-state index in [1.807, 2.05) is 18.2 Å². The van der Waals surface area contributed by atoms with Crippen molar-refractivity contribution in [2.45, 2.75) is 12.5 Å². The Morgan fingerprint density at radius 2 is 2.10 bits per heavy atom. The summed E-state index contributed by atoms with van der Waals surface area (Å²) in [4.78, 5) is 16.6. The number of hydrogen-bond donors (Lipinski definition) is 0. The molecule has 1 aromatic carbocycles. The molecule has 1 fully saturated rings. The van der Waals surface area contributed by atoms with Gasteiger partial charge in [0.15, 0.2) is 0 Å². The molecule has 0 saturated carbocycles. The number of carbonyl (C=O) groups is 1. The van der Waals surface area contributed by atoms with Crippen molar-refractivity contribution >= 4 is 5.91 Å². The number of likely N-dealkylation sites (tertiary alicyclic amines) is 1. The van der Waals surface area contributed by atoms with Crippen molar-refractivity contribution in [1.29, 1.82) is 0 Å². The number of benzene rings is 1. The highest BCUT2D eigenvalue weighted by molar-refractivity contribution is 5.77. The van der Waals surface area contributed by atoms with Crippen molar-refractivity contribution in [3.05, 3.63) is 59.8 Å². The lowest BCUT2D eigenvalue weighted by Crippen LogP contribution is -2.41. The van der Waals surface area contributed by atoms with Crippen LogP contribution in [0, 0.1) is 11.7 Å². The smallest absolute Gasteiger partial charge is 0.248 e. The molecule has 0 unspecified atom stereocenters. The highest BCUT2D eigenvalue weighted by Gasteiger charge is 2.36. The number of nitrogens with zero attached hydrogens (tertiary/aromatic N) is 2. The average molecular weight is 404 g/mol. The predicted octanol–water partition coefficient (Wildman–Crippen LogP) is 2.76. The second-order valence-corrected chi connectivity index (χ2v) is 7.46. The van der Waals surface area contributed by atoms with E-state index in [0.29, 0.717) is 26.2 Å². The van der Waals surface area contributed by atoms with Gasteiger partial charge in [-0.2, -0.15) is 0 Å². The normalized spacial score (nSPS) is 19.6. The molecule has 2 heterocycles. The zero-order valence-electron chi connectivity index (χ0n) is 17.1. The minimum atomic E-state index is -0.238. The van der Waals surface area contributed by atoms with Gasteiger partial charge in [-0.05, 0) is 35.7 Å². The van der Waals surface area contributed by atoms with Crippen molar-refractivity contribution in [2.24, 2.45) is 5.92 Å². The van der Waals surface area contributed by atoms with Crippen LogP contribution < -0.4 is 0 Å². The molecule has 0 radical (unpaired) electrons. The summed E-state index contributed by atoms with van der Waals surface area (Å²) in [5.74, 6) is 0.894. The summed E-state index contributed by atoms with van der Waals surface area (Å²) in [5.41, 5.74) is 0.961. The molecule has 29 heavy (non-hydrogen) atoms. The molecule has 6 nitrogen and oxygen atoms in total. The molecule has 1 aliphatic rings. The number of ether oxygens (including phenoxy) is 2. The number of halogens is 1. The van der Waals surface area contributed by atoms with E-state index in [1.165, 1.54) is 13.2 Å². The monoisotopic (exact) mass is 404 g/mol. The largest absolute Gasteiger partial charge is 0.468 e. The maximum Gasteiger partial charge on any atom is 0.248 e. The van der Waals surface area contributed by atoms with Crippen LogP contribution in [0.5, 0.6) is 0 Å². The third kappa shape index (κ3) is 5.88. The molecular weight excluding hydrogens is 375 g/mol. The Kier molecular flexibility index (Phi) is 7.80. The molecule has 2 aromatic rings. The summed E-state index contributed by atoms with van der Waals surface area (Å²) in [7, 11) is 3.14. The zero-order valence-corrected chi connectivity index (χ0v) is 17.1. The molecule has 0 N–H and O–H groups in total. The third-order valence-corrected chi connectivity index (χ3v) is 5.39. The molecule has 2 atom stereocenters. The number of carbonyl (C=O) groups excluding carboxylic acids is 1. The summed E-state index contributed by atoms with van der Waals surface area (Å²) in [6.45, 7) is 3.85. The van der Waals surface area contributed by atoms with Crippen LogP contribution in [0.4, 0.5) is 4.39 Å². The van der Waals surface area contributed by atoms with Gasteiger partial charge in [-0.1, -0.05) is 12.1 Å². The topological polar surface area (TPSA) is 55.2 Å². The lowest BCUT2D eigenvalue weighted by molar-refractivity contribution is -0.136. The van der Waals surface area contributed by atoms with Crippen LogP contribution in [0.3, 0.4) is 0 Å². The lowest BCUT2D eigenvalue weighted by Gasteiger charge is -2.28. The minimum absolute atomic E-state index is 0.0389. The number of amides is 1. The maximum atomic E-state index is 13.9. The Balaban J connectivity index is 1.77. The summed E-state index contributed by atoms with van der Waals surface area (Å²) in [6, 6.07) is 10.6. The van der Waals surface area contributed by atoms with Gasteiger partial charge in [0, 0.05) is 46.3 Å². The third-order valence-electron chi connectivity index (χ3n) is 5.39. The molecule has 0 spiro atoms. The predicted molar refractivity (Wildman–Crippen MR) is 107 cm³/mol. The van der Waals surface area contributed by atoms with E-state index in [9.17, 15) is 9.18 Å². The highest BCUT2D eigenvalue weighted by atomic mass is 19.1. The number of furan rings is 1. The van der Waals surface area contributed by atoms with Crippen LogP contribution in [0.1, 0.15) is 17.2 Å². The molecule has 1 saturated heterocycles. The van der Waals surface area contributed by atoms with E-state index < -0.39 is 0 Å². The molecule has 1 amide bonds. The van der Waals surface area contributed by atoms with Gasteiger partial charge in [0.25, 0.3) is 0 Å². The van der Waals surface area contributed by atoms with Gasteiger partial charge in [-0.3, -0.25) is 9.69 Å². The van der Waals surface area contributed by atoms with Gasteiger partial charge >= 0.3 is 0 Å². The summed E-state index contributed by atoms with van der Waals surface area (Å²) < 4.78 is 29.6. The van der Waals surface area contributed by atoms with Crippen molar-refractivity contribution in [3.8, 4) is 0 Å². The first-order chi connectivity index (χ1) is 14.1. The van der Waals surface area contributed by atoms with E-state index in [1.54, 1.807) is 30.4 Å². The van der Waals surface area contributed by atoms with Crippen molar-refractivity contribution in [3.63, 3.8) is 0 Å². The Labute approximate surface area is 171 Å². The fraction of sp³-hybridized carbons (Fsp3) is 0.500. The number of rotatable bonds is 10. The fourth-order valence-electron chi connectivity index (χ4n) is 4.03. The standard InChI is InChI=1S/C22H29FN2O4/c1-27-10-8-25(22(26)16-28-2)13-18-12-24(14-20-7-4-9-29-20)15-21(18)17-5-3-6-19(23)11-17/h3-7,9,11,18,21H,8,10,12-16H2,1-2H3/t18-,21-/m0/s1. The van der Waals surface area contributed by atoms with Crippen molar-refractivity contribution in [2.75, 3.05) is 53.6 Å². The number of hydrogen-bond acceptors (Lipinski definition) is 5. The second-order valence-electron chi connectivity index (χ2n) is 7.46. The second kappa shape index (κ2) is 10.5. The van der Waals surface area contributed by atoms with E-state index >= 15 is 0 Å². The van der Waals surface area contributed by atoms with Crippen LogP contribution in [0.2, 0.25) is 0 Å². The van der Waals surface area contributed by atoms with E-state index in [0.717, 1.165) is 24.4 Å². The van der Waals surface area contributed by atoms with E-state index in [2.05, 4.69) is 4.90 Å². The minimum Gasteiger partial charge on any atom is -0.468 e. The fourth-order valence-corrected chi connectivity index (χ4v) is 4.03. The Morgan fingerprint density at radius 1 is 1.24 bits per heavy atom. The molecule has 3 rings (SSSR count). The highest BCUT2D eigenvalue weighted by Crippen LogP contribution is 2.34. The van der Waals surface area contributed by atoms with Crippen molar-refractivity contribution < 1.29 is 23.1 Å². The van der Waals surface area contributed by atoms with E-state index in [4.69, 9.17) is 13.9 Å². The Hall–Kier alpha value is -2.22. The molecule has 0 bridgehead atoms. The SMILES string of the molecule is COCCN(C[C@@H]1CN(Cc2ccco2)C[C@H]1c1cccc(F)c1)C(=O)COC. The van der Waals surface area contributed by atoms with Gasteiger partial charge in [0.2, 0.25) is 5.91 Å². The molecular formula is C22H29FN2O4. The van der Waals surface area contributed by atoms with Gasteiger partial charge < -0.3 is 18.8 Å². The van der Waals surface area contributed by atoms with Crippen LogP contribution in [-0.2, 0) is 20.8 Å². The first-order valence-electron chi connectivity index (χ1n) is 9.86. The molecule has 1 aliphatic heterocycles. The molecule has 7 heteroatoms. The van der Waals surface area contributed by atoms with Crippen LogP contribution >= 0.6 is 0 Å². The quantitative estimate of drug-likeness (QED) is 0.610.